The van der Waals surface area contributed by atoms with Crippen LogP contribution in [0.4, 0.5) is 10.3 Å². The minimum Gasteiger partial charge on any atom is -0.355 e. The fourth-order valence-corrected chi connectivity index (χ4v) is 4.12. The first kappa shape index (κ1) is 27.0. The first-order chi connectivity index (χ1) is 16.9. The maximum Gasteiger partial charge on any atom is 0.263 e. The monoisotopic (exact) mass is 507 g/mol. The predicted octanol–water partition coefficient (Wildman–Crippen LogP) is 5.61. The minimum atomic E-state index is -0.356. The molecule has 1 atom stereocenters. The Morgan fingerprint density at radius 2 is 1.61 bits per heavy atom. The first-order valence-electron chi connectivity index (χ1n) is 11.8. The molecule has 0 saturated heterocycles. The van der Waals surface area contributed by atoms with Crippen LogP contribution in [-0.4, -0.2) is 27.1 Å². The Bertz CT molecular complexity index is 1310. The van der Waals surface area contributed by atoms with Crippen LogP contribution in [0.25, 0.3) is 22.4 Å². The van der Waals surface area contributed by atoms with Crippen molar-refractivity contribution in [1.29, 1.82) is 0 Å². The van der Waals surface area contributed by atoms with Crippen molar-refractivity contribution in [1.82, 2.24) is 19.9 Å². The van der Waals surface area contributed by atoms with Crippen molar-refractivity contribution < 1.29 is 4.39 Å². The number of rotatable bonds is 9. The summed E-state index contributed by atoms with van der Waals surface area (Å²) in [7, 11) is 1.70. The summed E-state index contributed by atoms with van der Waals surface area (Å²) < 4.78 is 15.1. The molecule has 2 N–H and O–H groups in total. The third-order valence-corrected chi connectivity index (χ3v) is 5.83. The van der Waals surface area contributed by atoms with Crippen LogP contribution in [0.1, 0.15) is 31.9 Å². The highest BCUT2D eigenvalue weighted by atomic mass is 35.5. The molecule has 36 heavy (non-hydrogen) atoms. The van der Waals surface area contributed by atoms with Gasteiger partial charge in [0.05, 0.1) is 11.3 Å². The van der Waals surface area contributed by atoms with Crippen LogP contribution in [-0.2, 0) is 7.05 Å². The molecular formula is C28H31ClFN5O. The second-order valence-corrected chi connectivity index (χ2v) is 8.77. The number of nitrogens with one attached hydrogen (secondary N) is 2. The smallest absolute Gasteiger partial charge is 0.263 e. The Balaban J connectivity index is 0.00000361. The van der Waals surface area contributed by atoms with Gasteiger partial charge in [0.1, 0.15) is 5.82 Å². The molecule has 0 aliphatic carbocycles. The van der Waals surface area contributed by atoms with Gasteiger partial charge < -0.3 is 10.6 Å². The van der Waals surface area contributed by atoms with Crippen molar-refractivity contribution in [3.05, 3.63) is 101 Å². The van der Waals surface area contributed by atoms with E-state index in [2.05, 4.69) is 41.6 Å². The van der Waals surface area contributed by atoms with E-state index in [9.17, 15) is 9.18 Å². The number of halogens is 2. The van der Waals surface area contributed by atoms with E-state index in [1.54, 1.807) is 31.6 Å². The lowest BCUT2D eigenvalue weighted by molar-refractivity contribution is 0.460. The molecule has 0 bridgehead atoms. The van der Waals surface area contributed by atoms with Crippen LogP contribution in [0.5, 0.6) is 0 Å². The van der Waals surface area contributed by atoms with E-state index in [1.807, 2.05) is 30.3 Å². The third-order valence-electron chi connectivity index (χ3n) is 5.83. The maximum absolute atomic E-state index is 13.6. The van der Waals surface area contributed by atoms with Crippen LogP contribution in [0, 0.1) is 5.82 Å². The standard InChI is InChI=1S/C28H30FN5O.ClH/c1-19(2)32-24(20-7-5-4-6-8-20)15-18-31-28-33-26(22-13-16-30-17-14-22)25(27(35)34(28)3)21-9-11-23(29)12-10-21;/h4-14,16-17,19,24,32H,15,18H2,1-3H3,(H,31,33);1H/t24-;/m0./s1. The zero-order chi connectivity index (χ0) is 24.8. The van der Waals surface area contributed by atoms with E-state index in [-0.39, 0.29) is 29.8 Å². The highest BCUT2D eigenvalue weighted by molar-refractivity contribution is 5.85. The molecule has 0 unspecified atom stereocenters. The molecule has 2 aromatic carbocycles. The summed E-state index contributed by atoms with van der Waals surface area (Å²) in [5.41, 5.74) is 3.35. The number of pyridine rings is 1. The van der Waals surface area contributed by atoms with Crippen molar-refractivity contribution in [2.24, 2.45) is 7.05 Å². The van der Waals surface area contributed by atoms with Gasteiger partial charge in [-0.1, -0.05) is 56.3 Å². The number of hydrogen-bond donors (Lipinski definition) is 2. The van der Waals surface area contributed by atoms with Gasteiger partial charge in [0.15, 0.2) is 0 Å². The summed E-state index contributed by atoms with van der Waals surface area (Å²) in [6.07, 6.45) is 4.14. The molecule has 0 aliphatic rings. The van der Waals surface area contributed by atoms with Gasteiger partial charge in [-0.25, -0.2) is 9.37 Å². The van der Waals surface area contributed by atoms with E-state index in [0.29, 0.717) is 35.4 Å². The molecule has 8 heteroatoms. The summed E-state index contributed by atoms with van der Waals surface area (Å²) in [5.74, 6) is 0.120. The first-order valence-corrected chi connectivity index (χ1v) is 11.8. The molecule has 0 spiro atoms. The van der Waals surface area contributed by atoms with Crippen molar-refractivity contribution in [2.75, 3.05) is 11.9 Å². The number of anilines is 1. The maximum atomic E-state index is 13.6. The van der Waals surface area contributed by atoms with Crippen molar-refractivity contribution in [2.45, 2.75) is 32.4 Å². The fourth-order valence-electron chi connectivity index (χ4n) is 4.12. The second-order valence-electron chi connectivity index (χ2n) is 8.77. The predicted molar refractivity (Wildman–Crippen MR) is 146 cm³/mol. The summed E-state index contributed by atoms with van der Waals surface area (Å²) in [5, 5.41) is 6.98. The molecule has 0 radical (unpaired) electrons. The SMILES string of the molecule is CC(C)N[C@@H](CCNc1nc(-c2ccncc2)c(-c2ccc(F)cc2)c(=O)n1C)c1ccccc1.Cl. The van der Waals surface area contributed by atoms with Gasteiger partial charge in [-0.3, -0.25) is 14.3 Å². The van der Waals surface area contributed by atoms with Crippen LogP contribution >= 0.6 is 12.4 Å². The number of hydrogen-bond acceptors (Lipinski definition) is 5. The van der Waals surface area contributed by atoms with Crippen LogP contribution in [0.15, 0.2) is 83.9 Å². The Kier molecular flexibility index (Phi) is 9.33. The van der Waals surface area contributed by atoms with Crippen LogP contribution < -0.4 is 16.2 Å². The van der Waals surface area contributed by atoms with E-state index in [4.69, 9.17) is 4.98 Å². The lowest BCUT2D eigenvalue weighted by Crippen LogP contribution is -2.30. The highest BCUT2D eigenvalue weighted by Gasteiger charge is 2.19. The van der Waals surface area contributed by atoms with Crippen molar-refractivity contribution in [3.8, 4) is 22.4 Å². The Hall–Kier alpha value is -3.55. The Labute approximate surface area is 217 Å². The van der Waals surface area contributed by atoms with Crippen molar-refractivity contribution in [3.63, 3.8) is 0 Å². The van der Waals surface area contributed by atoms with Gasteiger partial charge in [0, 0.05) is 43.6 Å². The van der Waals surface area contributed by atoms with Gasteiger partial charge in [-0.05, 0) is 41.8 Å². The molecule has 6 nitrogen and oxygen atoms in total. The molecule has 0 aliphatic heterocycles. The summed E-state index contributed by atoms with van der Waals surface area (Å²) in [6.45, 7) is 4.87. The quantitative estimate of drug-likeness (QED) is 0.308. The van der Waals surface area contributed by atoms with E-state index >= 15 is 0 Å². The molecule has 188 valence electrons. The largest absolute Gasteiger partial charge is 0.355 e. The minimum absolute atomic E-state index is 0. The molecular weight excluding hydrogens is 477 g/mol. The molecule has 0 amide bonds. The molecule has 0 fully saturated rings. The molecule has 4 aromatic rings. The number of benzene rings is 2. The van der Waals surface area contributed by atoms with Gasteiger partial charge in [-0.15, -0.1) is 12.4 Å². The van der Waals surface area contributed by atoms with Crippen molar-refractivity contribution >= 4 is 18.4 Å². The van der Waals surface area contributed by atoms with Crippen LogP contribution in [0.2, 0.25) is 0 Å². The topological polar surface area (TPSA) is 71.8 Å². The summed E-state index contributed by atoms with van der Waals surface area (Å²) in [4.78, 5) is 22.4. The lowest BCUT2D eigenvalue weighted by Gasteiger charge is -2.22. The Morgan fingerprint density at radius 3 is 2.25 bits per heavy atom. The summed E-state index contributed by atoms with van der Waals surface area (Å²) >= 11 is 0. The van der Waals surface area contributed by atoms with Gasteiger partial charge >= 0.3 is 0 Å². The summed E-state index contributed by atoms with van der Waals surface area (Å²) in [6, 6.07) is 20.4. The average Bonchev–Trinajstić information content (AvgIpc) is 2.87. The second kappa shape index (κ2) is 12.4. The highest BCUT2D eigenvalue weighted by Crippen LogP contribution is 2.29. The average molecular weight is 508 g/mol. The normalized spacial score (nSPS) is 11.7. The molecule has 0 saturated carbocycles. The molecule has 2 aromatic heterocycles. The number of aromatic nitrogens is 3. The number of nitrogens with zero attached hydrogens (tertiary/aromatic N) is 3. The van der Waals surface area contributed by atoms with Gasteiger partial charge in [0.2, 0.25) is 5.95 Å². The van der Waals surface area contributed by atoms with Gasteiger partial charge in [-0.2, -0.15) is 0 Å². The zero-order valence-electron chi connectivity index (χ0n) is 20.6. The third kappa shape index (κ3) is 6.36. The van der Waals surface area contributed by atoms with E-state index in [1.165, 1.54) is 22.3 Å². The van der Waals surface area contributed by atoms with E-state index in [0.717, 1.165) is 12.0 Å². The molecule has 2 heterocycles. The fraction of sp³-hybridized carbons (Fsp3) is 0.250. The molecule has 4 rings (SSSR count). The zero-order valence-corrected chi connectivity index (χ0v) is 21.4. The lowest BCUT2D eigenvalue weighted by atomic mass is 10.0. The van der Waals surface area contributed by atoms with Crippen LogP contribution in [0.3, 0.4) is 0 Å². The Morgan fingerprint density at radius 1 is 0.944 bits per heavy atom. The van der Waals surface area contributed by atoms with Gasteiger partial charge in [0.25, 0.3) is 5.56 Å². The van der Waals surface area contributed by atoms with E-state index < -0.39 is 0 Å².